The van der Waals surface area contributed by atoms with Crippen molar-refractivity contribution in [2.75, 3.05) is 6.54 Å². The SMILES string of the molecule is CCC(C)N(CC(=O)O)C(=O)CCc1ccc(Cl)cc1. The van der Waals surface area contributed by atoms with E-state index in [-0.39, 0.29) is 18.5 Å². The minimum Gasteiger partial charge on any atom is -0.480 e. The summed E-state index contributed by atoms with van der Waals surface area (Å²) in [6.45, 7) is 3.56. The maximum absolute atomic E-state index is 12.2. The second-order valence-corrected chi connectivity index (χ2v) is 5.24. The molecule has 5 heteroatoms. The summed E-state index contributed by atoms with van der Waals surface area (Å²) < 4.78 is 0. The lowest BCUT2D eigenvalue weighted by Gasteiger charge is -2.27. The second-order valence-electron chi connectivity index (χ2n) is 4.80. The van der Waals surface area contributed by atoms with Crippen LogP contribution in [0.5, 0.6) is 0 Å². The molecule has 1 rings (SSSR count). The highest BCUT2D eigenvalue weighted by Gasteiger charge is 2.21. The Balaban J connectivity index is 2.61. The first-order chi connectivity index (χ1) is 9.43. The van der Waals surface area contributed by atoms with Crippen molar-refractivity contribution in [2.45, 2.75) is 39.2 Å². The molecule has 1 amide bonds. The minimum absolute atomic E-state index is 0.0659. The van der Waals surface area contributed by atoms with E-state index in [2.05, 4.69) is 0 Å². The molecule has 0 aromatic heterocycles. The van der Waals surface area contributed by atoms with Crippen molar-refractivity contribution in [1.29, 1.82) is 0 Å². The molecule has 0 saturated heterocycles. The van der Waals surface area contributed by atoms with E-state index in [0.29, 0.717) is 17.9 Å². The van der Waals surface area contributed by atoms with E-state index < -0.39 is 5.97 Å². The Morgan fingerprint density at radius 3 is 2.40 bits per heavy atom. The number of nitrogens with zero attached hydrogens (tertiary/aromatic N) is 1. The van der Waals surface area contributed by atoms with Crippen molar-refractivity contribution >= 4 is 23.5 Å². The monoisotopic (exact) mass is 297 g/mol. The van der Waals surface area contributed by atoms with Crippen LogP contribution in [0.3, 0.4) is 0 Å². The fourth-order valence-corrected chi connectivity index (χ4v) is 2.03. The average molecular weight is 298 g/mol. The third-order valence-electron chi connectivity index (χ3n) is 3.29. The highest BCUT2D eigenvalue weighted by atomic mass is 35.5. The van der Waals surface area contributed by atoms with Crippen LogP contribution in [0.1, 0.15) is 32.3 Å². The van der Waals surface area contributed by atoms with Gasteiger partial charge in [-0.15, -0.1) is 0 Å². The maximum atomic E-state index is 12.2. The van der Waals surface area contributed by atoms with Crippen molar-refractivity contribution in [3.63, 3.8) is 0 Å². The van der Waals surface area contributed by atoms with Gasteiger partial charge in [0.1, 0.15) is 6.54 Å². The Hall–Kier alpha value is -1.55. The van der Waals surface area contributed by atoms with E-state index in [1.807, 2.05) is 26.0 Å². The maximum Gasteiger partial charge on any atom is 0.323 e. The third-order valence-corrected chi connectivity index (χ3v) is 3.54. The number of carboxylic acids is 1. The van der Waals surface area contributed by atoms with Gasteiger partial charge in [-0.2, -0.15) is 0 Å². The van der Waals surface area contributed by atoms with Crippen LogP contribution in [0.15, 0.2) is 24.3 Å². The van der Waals surface area contributed by atoms with Crippen LogP contribution in [0, 0.1) is 0 Å². The van der Waals surface area contributed by atoms with Crippen LogP contribution in [0.2, 0.25) is 5.02 Å². The summed E-state index contributed by atoms with van der Waals surface area (Å²) in [5.41, 5.74) is 1.02. The molecule has 0 aliphatic heterocycles. The van der Waals surface area contributed by atoms with E-state index in [1.54, 1.807) is 12.1 Å². The lowest BCUT2D eigenvalue weighted by molar-refractivity contribution is -0.146. The van der Waals surface area contributed by atoms with Crippen LogP contribution in [0.25, 0.3) is 0 Å². The van der Waals surface area contributed by atoms with Crippen LogP contribution >= 0.6 is 11.6 Å². The number of carbonyl (C=O) groups is 2. The van der Waals surface area contributed by atoms with Gasteiger partial charge in [0.15, 0.2) is 0 Å². The Labute approximate surface area is 124 Å². The number of hydrogen-bond acceptors (Lipinski definition) is 2. The number of amides is 1. The van der Waals surface area contributed by atoms with Crippen LogP contribution in [0.4, 0.5) is 0 Å². The smallest absolute Gasteiger partial charge is 0.323 e. The summed E-state index contributed by atoms with van der Waals surface area (Å²) in [4.78, 5) is 24.4. The van der Waals surface area contributed by atoms with Crippen molar-refractivity contribution in [3.8, 4) is 0 Å². The summed E-state index contributed by atoms with van der Waals surface area (Å²) >= 11 is 5.80. The Bertz CT molecular complexity index is 459. The summed E-state index contributed by atoms with van der Waals surface area (Å²) in [7, 11) is 0. The van der Waals surface area contributed by atoms with Crippen molar-refractivity contribution in [2.24, 2.45) is 0 Å². The molecule has 1 unspecified atom stereocenters. The molecule has 1 N–H and O–H groups in total. The number of rotatable bonds is 7. The fourth-order valence-electron chi connectivity index (χ4n) is 1.90. The van der Waals surface area contributed by atoms with Gasteiger partial charge < -0.3 is 10.0 Å². The summed E-state index contributed by atoms with van der Waals surface area (Å²) in [6, 6.07) is 7.25. The van der Waals surface area contributed by atoms with Gasteiger partial charge in [0.25, 0.3) is 0 Å². The van der Waals surface area contributed by atoms with E-state index >= 15 is 0 Å². The van der Waals surface area contributed by atoms with Gasteiger partial charge in [0, 0.05) is 17.5 Å². The van der Waals surface area contributed by atoms with Gasteiger partial charge in [-0.3, -0.25) is 9.59 Å². The van der Waals surface area contributed by atoms with Crippen molar-refractivity contribution in [3.05, 3.63) is 34.9 Å². The first kappa shape index (κ1) is 16.5. The van der Waals surface area contributed by atoms with Gasteiger partial charge in [-0.1, -0.05) is 30.7 Å². The molecule has 0 bridgehead atoms. The first-order valence-corrected chi connectivity index (χ1v) is 7.07. The number of aliphatic carboxylic acids is 1. The number of halogens is 1. The largest absolute Gasteiger partial charge is 0.480 e. The number of carboxylic acid groups (broad SMARTS) is 1. The molecule has 1 atom stereocenters. The number of hydrogen-bond donors (Lipinski definition) is 1. The van der Waals surface area contributed by atoms with Gasteiger partial charge in [0.05, 0.1) is 0 Å². The number of carbonyl (C=O) groups excluding carboxylic acids is 1. The van der Waals surface area contributed by atoms with Crippen LogP contribution in [-0.4, -0.2) is 34.5 Å². The topological polar surface area (TPSA) is 57.6 Å². The standard InChI is InChI=1S/C15H20ClNO3/c1-3-11(2)17(10-15(19)20)14(18)9-6-12-4-7-13(16)8-5-12/h4-5,7-8,11H,3,6,9-10H2,1-2H3,(H,19,20). The van der Waals surface area contributed by atoms with Crippen molar-refractivity contribution < 1.29 is 14.7 Å². The van der Waals surface area contributed by atoms with E-state index in [0.717, 1.165) is 12.0 Å². The fraction of sp³-hybridized carbons (Fsp3) is 0.467. The molecule has 1 aromatic carbocycles. The van der Waals surface area contributed by atoms with Gasteiger partial charge in [-0.25, -0.2) is 0 Å². The molecule has 0 radical (unpaired) electrons. The second kappa shape index (κ2) is 7.90. The Morgan fingerprint density at radius 2 is 1.90 bits per heavy atom. The summed E-state index contributed by atoms with van der Waals surface area (Å²) in [5.74, 6) is -1.11. The lowest BCUT2D eigenvalue weighted by Crippen LogP contribution is -2.41. The molecule has 1 aromatic rings. The number of aryl methyl sites for hydroxylation is 1. The predicted octanol–water partition coefficient (Wildman–Crippen LogP) is 2.98. The zero-order chi connectivity index (χ0) is 15.1. The van der Waals surface area contributed by atoms with E-state index in [9.17, 15) is 9.59 Å². The van der Waals surface area contributed by atoms with Gasteiger partial charge in [-0.05, 0) is 37.5 Å². The molecule has 0 fully saturated rings. The molecular weight excluding hydrogens is 278 g/mol. The van der Waals surface area contributed by atoms with Crippen LogP contribution in [-0.2, 0) is 16.0 Å². The average Bonchev–Trinajstić information content (AvgIpc) is 2.42. The van der Waals surface area contributed by atoms with E-state index in [1.165, 1.54) is 4.90 Å². The number of benzene rings is 1. The molecule has 0 aliphatic rings. The molecule has 0 heterocycles. The highest BCUT2D eigenvalue weighted by molar-refractivity contribution is 6.30. The summed E-state index contributed by atoms with van der Waals surface area (Å²) in [6.07, 6.45) is 1.63. The predicted molar refractivity (Wildman–Crippen MR) is 78.9 cm³/mol. The highest BCUT2D eigenvalue weighted by Crippen LogP contribution is 2.13. The lowest BCUT2D eigenvalue weighted by atomic mass is 10.1. The molecule has 4 nitrogen and oxygen atoms in total. The zero-order valence-electron chi connectivity index (χ0n) is 11.8. The molecule has 0 spiro atoms. The van der Waals surface area contributed by atoms with Gasteiger partial charge >= 0.3 is 5.97 Å². The molecule has 20 heavy (non-hydrogen) atoms. The molecule has 110 valence electrons. The Kier molecular flexibility index (Phi) is 6.52. The third kappa shape index (κ3) is 5.21. The molecule has 0 saturated carbocycles. The van der Waals surface area contributed by atoms with Crippen molar-refractivity contribution in [1.82, 2.24) is 4.90 Å². The van der Waals surface area contributed by atoms with Gasteiger partial charge in [0.2, 0.25) is 5.91 Å². The molecule has 0 aliphatic carbocycles. The Morgan fingerprint density at radius 1 is 1.30 bits per heavy atom. The van der Waals surface area contributed by atoms with E-state index in [4.69, 9.17) is 16.7 Å². The molecular formula is C15H20ClNO3. The minimum atomic E-state index is -0.981. The summed E-state index contributed by atoms with van der Waals surface area (Å²) in [5, 5.41) is 9.54. The quantitative estimate of drug-likeness (QED) is 0.842. The van der Waals surface area contributed by atoms with Crippen LogP contribution < -0.4 is 0 Å². The normalized spacial score (nSPS) is 11.9. The first-order valence-electron chi connectivity index (χ1n) is 6.69. The zero-order valence-corrected chi connectivity index (χ0v) is 12.6.